The number of benzene rings is 1. The highest BCUT2D eigenvalue weighted by Crippen LogP contribution is 2.14. The molecule has 0 aromatic heterocycles. The van der Waals surface area contributed by atoms with Crippen LogP contribution >= 0.6 is 0 Å². The van der Waals surface area contributed by atoms with Crippen LogP contribution in [0.4, 0.5) is 0 Å². The molecule has 1 heterocycles. The molecule has 1 aliphatic heterocycles. The van der Waals surface area contributed by atoms with Gasteiger partial charge in [-0.3, -0.25) is 0 Å². The van der Waals surface area contributed by atoms with Gasteiger partial charge in [0.2, 0.25) is 0 Å². The monoisotopic (exact) mass is 271 g/mol. The Morgan fingerprint density at radius 1 is 1.33 bits per heavy atom. The summed E-state index contributed by atoms with van der Waals surface area (Å²) in [5, 5.41) is 19.2. The number of rotatable bonds is 4. The molecule has 3 N–H and O–H groups in total. The van der Waals surface area contributed by atoms with E-state index in [1.807, 2.05) is 18.2 Å². The lowest BCUT2D eigenvalue weighted by molar-refractivity contribution is -0.131. The lowest BCUT2D eigenvalue weighted by Gasteiger charge is -2.31. The van der Waals surface area contributed by atoms with Crippen molar-refractivity contribution in [2.75, 3.05) is 13.2 Å². The second-order valence-electron chi connectivity index (χ2n) is 4.19. The van der Waals surface area contributed by atoms with Gasteiger partial charge in [-0.1, -0.05) is 18.2 Å². The highest BCUT2D eigenvalue weighted by atomic mass is 32.2. The van der Waals surface area contributed by atoms with Gasteiger partial charge >= 0.3 is 0 Å². The molecule has 4 unspecified atom stereocenters. The van der Waals surface area contributed by atoms with Crippen LogP contribution in [0, 0.1) is 0 Å². The zero-order chi connectivity index (χ0) is 13.0. The minimum absolute atomic E-state index is 0.236. The third kappa shape index (κ3) is 3.37. The Bertz CT molecular complexity index is 400. The molecular weight excluding hydrogens is 254 g/mol. The van der Waals surface area contributed by atoms with Crippen molar-refractivity contribution >= 4 is 11.0 Å². The van der Waals surface area contributed by atoms with E-state index < -0.39 is 29.3 Å². The molecule has 1 aliphatic rings. The van der Waals surface area contributed by atoms with Gasteiger partial charge in [-0.25, -0.2) is 8.93 Å². The first-order valence-corrected chi connectivity index (χ1v) is 7.01. The molecule has 0 bridgehead atoms. The van der Waals surface area contributed by atoms with Gasteiger partial charge in [0.1, 0.15) is 17.1 Å². The summed E-state index contributed by atoms with van der Waals surface area (Å²) in [6.07, 6.45) is -1.80. The molecule has 0 spiro atoms. The third-order valence-electron chi connectivity index (χ3n) is 2.89. The fourth-order valence-electron chi connectivity index (χ4n) is 1.82. The van der Waals surface area contributed by atoms with E-state index in [4.69, 9.17) is 4.74 Å². The Balaban J connectivity index is 1.86. The number of aliphatic hydroxyl groups is 2. The molecule has 1 aromatic rings. The van der Waals surface area contributed by atoms with Gasteiger partial charge in [-0.2, -0.15) is 0 Å². The Labute approximate surface area is 108 Å². The van der Waals surface area contributed by atoms with Crippen LogP contribution in [0.2, 0.25) is 0 Å². The van der Waals surface area contributed by atoms with Crippen molar-refractivity contribution in [2.45, 2.75) is 29.6 Å². The average Bonchev–Trinajstić information content (AvgIpc) is 2.41. The Kier molecular flexibility index (Phi) is 4.85. The SMILES string of the molecule is O=S(NCC1OCCC(O)C1O)c1ccccc1. The normalized spacial score (nSPS) is 30.0. The molecule has 0 radical (unpaired) electrons. The molecule has 1 aromatic carbocycles. The van der Waals surface area contributed by atoms with Crippen molar-refractivity contribution in [1.29, 1.82) is 0 Å². The maximum absolute atomic E-state index is 11.9. The van der Waals surface area contributed by atoms with E-state index in [0.717, 1.165) is 0 Å². The molecule has 100 valence electrons. The van der Waals surface area contributed by atoms with Crippen molar-refractivity contribution in [3.05, 3.63) is 30.3 Å². The summed E-state index contributed by atoms with van der Waals surface area (Å²) in [6, 6.07) is 8.99. The van der Waals surface area contributed by atoms with Crippen LogP contribution in [0.5, 0.6) is 0 Å². The summed E-state index contributed by atoms with van der Waals surface area (Å²) in [7, 11) is -1.33. The molecule has 0 amide bonds. The molecule has 1 saturated heterocycles. The summed E-state index contributed by atoms with van der Waals surface area (Å²) in [6.45, 7) is 0.641. The van der Waals surface area contributed by atoms with E-state index >= 15 is 0 Å². The first-order valence-electron chi connectivity index (χ1n) is 5.86. The van der Waals surface area contributed by atoms with E-state index in [1.165, 1.54) is 0 Å². The molecular formula is C12H17NO4S. The summed E-state index contributed by atoms with van der Waals surface area (Å²) >= 11 is 0. The number of hydrogen-bond acceptors (Lipinski definition) is 4. The van der Waals surface area contributed by atoms with E-state index in [1.54, 1.807) is 12.1 Å². The fourth-order valence-corrected chi connectivity index (χ4v) is 2.71. The van der Waals surface area contributed by atoms with Crippen LogP contribution in [-0.2, 0) is 15.7 Å². The summed E-state index contributed by atoms with van der Waals surface area (Å²) in [4.78, 5) is 0.670. The van der Waals surface area contributed by atoms with Gasteiger partial charge < -0.3 is 14.9 Å². The number of aliphatic hydroxyl groups excluding tert-OH is 2. The molecule has 0 saturated carbocycles. The first-order chi connectivity index (χ1) is 8.68. The lowest BCUT2D eigenvalue weighted by Crippen LogP contribution is -2.49. The van der Waals surface area contributed by atoms with Crippen molar-refractivity contribution < 1.29 is 19.2 Å². The van der Waals surface area contributed by atoms with Crippen molar-refractivity contribution in [1.82, 2.24) is 4.72 Å². The number of nitrogens with one attached hydrogen (secondary N) is 1. The zero-order valence-electron chi connectivity index (χ0n) is 9.86. The zero-order valence-corrected chi connectivity index (χ0v) is 10.7. The topological polar surface area (TPSA) is 78.8 Å². The van der Waals surface area contributed by atoms with Gasteiger partial charge in [-0.05, 0) is 18.6 Å². The third-order valence-corrected chi connectivity index (χ3v) is 4.02. The van der Waals surface area contributed by atoms with Crippen LogP contribution in [0.25, 0.3) is 0 Å². The highest BCUT2D eigenvalue weighted by Gasteiger charge is 2.31. The van der Waals surface area contributed by atoms with Gasteiger partial charge in [0, 0.05) is 13.2 Å². The molecule has 2 rings (SSSR count). The van der Waals surface area contributed by atoms with Gasteiger partial charge in [0.25, 0.3) is 0 Å². The van der Waals surface area contributed by atoms with Crippen LogP contribution in [-0.4, -0.2) is 45.9 Å². The number of hydrogen-bond donors (Lipinski definition) is 3. The Morgan fingerprint density at radius 2 is 2.06 bits per heavy atom. The standard InChI is InChI=1S/C12H17NO4S/c14-10-6-7-17-11(12(10)15)8-13-18(16)9-4-2-1-3-5-9/h1-5,10-15H,6-8H2. The fraction of sp³-hybridized carbons (Fsp3) is 0.500. The van der Waals surface area contributed by atoms with Crippen molar-refractivity contribution in [2.24, 2.45) is 0 Å². The molecule has 18 heavy (non-hydrogen) atoms. The molecule has 6 heteroatoms. The second-order valence-corrected chi connectivity index (χ2v) is 5.48. The second kappa shape index (κ2) is 6.40. The predicted molar refractivity (Wildman–Crippen MR) is 67.2 cm³/mol. The van der Waals surface area contributed by atoms with Crippen LogP contribution < -0.4 is 4.72 Å². The Hall–Kier alpha value is -0.790. The van der Waals surface area contributed by atoms with E-state index in [0.29, 0.717) is 17.9 Å². The molecule has 5 nitrogen and oxygen atoms in total. The van der Waals surface area contributed by atoms with E-state index in [9.17, 15) is 14.4 Å². The van der Waals surface area contributed by atoms with E-state index in [2.05, 4.69) is 4.72 Å². The molecule has 1 fully saturated rings. The highest BCUT2D eigenvalue weighted by molar-refractivity contribution is 7.83. The summed E-state index contributed by atoms with van der Waals surface area (Å²) < 4.78 is 20.0. The van der Waals surface area contributed by atoms with Crippen molar-refractivity contribution in [3.8, 4) is 0 Å². The van der Waals surface area contributed by atoms with Crippen molar-refractivity contribution in [3.63, 3.8) is 0 Å². The van der Waals surface area contributed by atoms with Crippen LogP contribution in [0.3, 0.4) is 0 Å². The summed E-state index contributed by atoms with van der Waals surface area (Å²) in [5.74, 6) is 0. The lowest BCUT2D eigenvalue weighted by atomic mass is 10.0. The van der Waals surface area contributed by atoms with Crippen LogP contribution in [0.15, 0.2) is 35.2 Å². The van der Waals surface area contributed by atoms with Gasteiger partial charge in [0.15, 0.2) is 0 Å². The minimum Gasteiger partial charge on any atom is -0.390 e. The Morgan fingerprint density at radius 3 is 2.78 bits per heavy atom. The van der Waals surface area contributed by atoms with Gasteiger partial charge in [-0.15, -0.1) is 0 Å². The minimum atomic E-state index is -1.33. The smallest absolute Gasteiger partial charge is 0.124 e. The predicted octanol–water partition coefficient (Wildman–Crippen LogP) is -0.191. The summed E-state index contributed by atoms with van der Waals surface area (Å²) in [5.41, 5.74) is 0. The first kappa shape index (κ1) is 13.6. The average molecular weight is 271 g/mol. The maximum Gasteiger partial charge on any atom is 0.124 e. The quantitative estimate of drug-likeness (QED) is 0.709. The maximum atomic E-state index is 11.9. The molecule has 4 atom stereocenters. The van der Waals surface area contributed by atoms with Crippen LogP contribution in [0.1, 0.15) is 6.42 Å². The van der Waals surface area contributed by atoms with Gasteiger partial charge in [0.05, 0.1) is 17.1 Å². The molecule has 0 aliphatic carbocycles. The number of ether oxygens (including phenoxy) is 1. The van der Waals surface area contributed by atoms with E-state index in [-0.39, 0.29) is 6.54 Å². The largest absolute Gasteiger partial charge is 0.390 e.